The normalized spacial score (nSPS) is 16.3. The number of hydrogen-bond acceptors (Lipinski definition) is 9. The van der Waals surface area contributed by atoms with Crippen LogP contribution in [0, 0.1) is 5.82 Å². The van der Waals surface area contributed by atoms with Gasteiger partial charge in [-0.2, -0.15) is 0 Å². The van der Waals surface area contributed by atoms with Crippen LogP contribution in [0.5, 0.6) is 5.75 Å². The maximum absolute atomic E-state index is 15.6. The molecule has 2 amide bonds. The first-order valence-electron chi connectivity index (χ1n) is 16.5. The van der Waals surface area contributed by atoms with Crippen molar-refractivity contribution in [1.29, 1.82) is 0 Å². The molecule has 0 spiro atoms. The van der Waals surface area contributed by atoms with Crippen molar-refractivity contribution in [1.82, 2.24) is 24.4 Å². The summed E-state index contributed by atoms with van der Waals surface area (Å²) in [5, 5.41) is 0.557. The maximum atomic E-state index is 15.6. The molecule has 0 saturated carbocycles. The lowest BCUT2D eigenvalue weighted by Gasteiger charge is -2.47. The van der Waals surface area contributed by atoms with Crippen molar-refractivity contribution in [2.45, 2.75) is 71.9 Å². The van der Waals surface area contributed by atoms with Crippen molar-refractivity contribution < 1.29 is 23.5 Å². The van der Waals surface area contributed by atoms with Crippen molar-refractivity contribution in [3.8, 4) is 22.7 Å². The van der Waals surface area contributed by atoms with Gasteiger partial charge in [0.15, 0.2) is 5.65 Å². The zero-order valence-electron chi connectivity index (χ0n) is 29.7. The summed E-state index contributed by atoms with van der Waals surface area (Å²) < 4.78 is 28.1. The number of ether oxygens (including phenoxy) is 2. The van der Waals surface area contributed by atoms with Gasteiger partial charge in [0.1, 0.15) is 35.2 Å². The Morgan fingerprint density at radius 3 is 2.28 bits per heavy atom. The van der Waals surface area contributed by atoms with Crippen LogP contribution in [0.25, 0.3) is 28.0 Å². The molecule has 0 unspecified atom stereocenters. The average Bonchev–Trinajstić information content (AvgIpc) is 3.05. The van der Waals surface area contributed by atoms with Gasteiger partial charge in [0, 0.05) is 25.5 Å². The van der Waals surface area contributed by atoms with E-state index in [2.05, 4.69) is 9.97 Å². The Kier molecular flexibility index (Phi) is 9.00. The van der Waals surface area contributed by atoms with Crippen molar-refractivity contribution in [2.24, 2.45) is 0 Å². The quantitative estimate of drug-likeness (QED) is 0.236. The third-order valence-electron chi connectivity index (χ3n) is 8.95. The lowest BCUT2D eigenvalue weighted by Crippen LogP contribution is -2.64. The van der Waals surface area contributed by atoms with Crippen LogP contribution in [0.3, 0.4) is 0 Å². The van der Waals surface area contributed by atoms with E-state index in [1.54, 1.807) is 40.0 Å². The van der Waals surface area contributed by atoms with Gasteiger partial charge in [0.2, 0.25) is 0 Å². The molecule has 50 heavy (non-hydrogen) atoms. The Morgan fingerprint density at radius 1 is 1.02 bits per heavy atom. The molecule has 0 aliphatic carbocycles. The van der Waals surface area contributed by atoms with Crippen molar-refractivity contribution in [3.63, 3.8) is 0 Å². The van der Waals surface area contributed by atoms with Crippen LogP contribution < -0.4 is 20.1 Å². The molecular formula is C36H41ClFN7O5. The summed E-state index contributed by atoms with van der Waals surface area (Å²) in [5.41, 5.74) is 1.22. The van der Waals surface area contributed by atoms with Crippen LogP contribution in [-0.2, 0) is 9.53 Å². The first-order chi connectivity index (χ1) is 23.5. The summed E-state index contributed by atoms with van der Waals surface area (Å²) in [4.78, 5) is 61.1. The number of rotatable bonds is 5. The van der Waals surface area contributed by atoms with Gasteiger partial charge in [-0.25, -0.2) is 24.1 Å². The minimum Gasteiger partial charge on any atom is -0.496 e. The van der Waals surface area contributed by atoms with E-state index in [9.17, 15) is 9.59 Å². The van der Waals surface area contributed by atoms with E-state index in [1.165, 1.54) is 39.9 Å². The lowest BCUT2D eigenvalue weighted by molar-refractivity contribution is -0.120. The molecule has 0 N–H and O–H groups in total. The minimum atomic E-state index is -0.824. The molecule has 1 atom stereocenters. The molecule has 0 radical (unpaired) electrons. The molecule has 14 heteroatoms. The van der Waals surface area contributed by atoms with Gasteiger partial charge in [0.25, 0.3) is 11.5 Å². The monoisotopic (exact) mass is 705 g/mol. The smallest absolute Gasteiger partial charge is 0.410 e. The molecular weight excluding hydrogens is 665 g/mol. The van der Waals surface area contributed by atoms with Gasteiger partial charge in [-0.3, -0.25) is 14.2 Å². The zero-order valence-corrected chi connectivity index (χ0v) is 30.4. The third kappa shape index (κ3) is 5.80. The van der Waals surface area contributed by atoms with E-state index < -0.39 is 29.1 Å². The summed E-state index contributed by atoms with van der Waals surface area (Å²) in [6, 6.07) is 5.24. The molecule has 4 aromatic rings. The Hall–Kier alpha value is -4.78. The van der Waals surface area contributed by atoms with E-state index in [0.717, 1.165) is 0 Å². The number of pyridine rings is 2. The molecule has 1 fully saturated rings. The molecule has 0 bridgehead atoms. The number of amides is 2. The van der Waals surface area contributed by atoms with Crippen LogP contribution in [0.15, 0.2) is 35.4 Å². The van der Waals surface area contributed by atoms with E-state index in [1.807, 2.05) is 32.6 Å². The third-order valence-corrected chi connectivity index (χ3v) is 9.24. The Labute approximate surface area is 294 Å². The number of piperazine rings is 1. The van der Waals surface area contributed by atoms with Gasteiger partial charge < -0.3 is 24.2 Å². The molecule has 5 heterocycles. The van der Waals surface area contributed by atoms with Crippen LogP contribution in [0.1, 0.15) is 71.7 Å². The summed E-state index contributed by atoms with van der Waals surface area (Å²) in [6.07, 6.45) is 0.947. The molecule has 12 nitrogen and oxygen atoms in total. The number of hydrogen-bond donors (Lipinski definition) is 0. The Morgan fingerprint density at radius 2 is 1.68 bits per heavy atom. The second-order valence-corrected chi connectivity index (χ2v) is 14.6. The highest BCUT2D eigenvalue weighted by molar-refractivity contribution is 6.34. The molecule has 2 aliphatic heterocycles. The first kappa shape index (κ1) is 35.1. The van der Waals surface area contributed by atoms with Crippen LogP contribution >= 0.6 is 11.6 Å². The molecule has 1 aromatic carbocycles. The predicted octanol–water partition coefficient (Wildman–Crippen LogP) is 6.29. The van der Waals surface area contributed by atoms with Gasteiger partial charge in [-0.1, -0.05) is 45.4 Å². The number of halogens is 2. The number of benzene rings is 1. The summed E-state index contributed by atoms with van der Waals surface area (Å²) >= 11 is 6.98. The molecule has 3 aromatic heterocycles. The van der Waals surface area contributed by atoms with Crippen LogP contribution in [0.4, 0.5) is 20.6 Å². The second-order valence-electron chi connectivity index (χ2n) is 14.2. The minimum absolute atomic E-state index is 0.0345. The Balaban J connectivity index is 1.70. The fourth-order valence-electron chi connectivity index (χ4n) is 6.70. The number of carbonyl (C=O) groups excluding carboxylic acids is 2. The summed E-state index contributed by atoms with van der Waals surface area (Å²) in [6.45, 7) is 13.7. The number of aromatic nitrogens is 4. The van der Waals surface area contributed by atoms with E-state index >= 15 is 9.18 Å². The lowest BCUT2D eigenvalue weighted by atomic mass is 9.99. The van der Waals surface area contributed by atoms with Crippen molar-refractivity contribution in [3.05, 3.63) is 63.2 Å². The SMILES string of the molecule is COc1cccc(F)c1-c1nc2c(cc1Cl)c1c(c(=O)n2-c2c(C(C)C)ncnc2C(C)C)N(C)C(=O)[C@H]2CN(C(=O)OC(C)(C)C)CCN12. The highest BCUT2D eigenvalue weighted by Crippen LogP contribution is 2.45. The number of fused-ring (bicyclic) bond motifs is 5. The van der Waals surface area contributed by atoms with E-state index in [0.29, 0.717) is 28.1 Å². The van der Waals surface area contributed by atoms with Crippen LogP contribution in [0.2, 0.25) is 5.02 Å². The summed E-state index contributed by atoms with van der Waals surface area (Å²) in [7, 11) is 2.97. The first-order valence-corrected chi connectivity index (χ1v) is 16.9. The molecule has 264 valence electrons. The summed E-state index contributed by atoms with van der Waals surface area (Å²) in [5.74, 6) is -1.03. The van der Waals surface area contributed by atoms with Crippen molar-refractivity contribution >= 4 is 46.0 Å². The number of nitrogens with zero attached hydrogens (tertiary/aromatic N) is 7. The van der Waals surface area contributed by atoms with Crippen LogP contribution in [-0.4, -0.2) is 81.9 Å². The van der Waals surface area contributed by atoms with Gasteiger partial charge in [0.05, 0.1) is 52.7 Å². The Bertz CT molecular complexity index is 2070. The maximum Gasteiger partial charge on any atom is 0.410 e. The fourth-order valence-corrected chi connectivity index (χ4v) is 6.95. The van der Waals surface area contributed by atoms with Gasteiger partial charge in [-0.05, 0) is 50.8 Å². The molecule has 6 rings (SSSR count). The fraction of sp³-hybridized carbons (Fsp3) is 0.444. The van der Waals surface area contributed by atoms with E-state index in [4.69, 9.17) is 26.1 Å². The standard InChI is InChI=1S/C36H41ClFN7O5/c1-18(2)26-30(27(19(3)4)40-17-39-26)45-32-20(15-21(37)28(41-32)25-22(38)11-10-12-24(25)49-9)29-31(34(45)47)42(8)33(46)23-16-43(13-14-44(23)29)35(48)50-36(5,6)7/h10-12,15,17-19,23H,13-14,16H2,1-9H3/t23-/m1/s1. The van der Waals surface area contributed by atoms with Crippen molar-refractivity contribution in [2.75, 3.05) is 43.6 Å². The highest BCUT2D eigenvalue weighted by Gasteiger charge is 2.45. The van der Waals surface area contributed by atoms with Gasteiger partial charge in [-0.15, -0.1) is 0 Å². The number of likely N-dealkylation sites (N-methyl/N-ethyl adjacent to an activating group) is 1. The molecule has 1 saturated heterocycles. The zero-order chi connectivity index (χ0) is 36.4. The average molecular weight is 706 g/mol. The topological polar surface area (TPSA) is 123 Å². The highest BCUT2D eigenvalue weighted by atomic mass is 35.5. The van der Waals surface area contributed by atoms with Gasteiger partial charge >= 0.3 is 6.09 Å². The number of carbonyl (C=O) groups is 2. The second kappa shape index (κ2) is 12.8. The van der Waals surface area contributed by atoms with E-state index in [-0.39, 0.29) is 70.7 Å². The predicted molar refractivity (Wildman–Crippen MR) is 190 cm³/mol. The molecule has 2 aliphatic rings. The number of anilines is 2. The largest absolute Gasteiger partial charge is 0.496 e. The number of methoxy groups -OCH3 is 1.